The third-order valence-corrected chi connectivity index (χ3v) is 1.93. The number of aryl methyl sites for hydroxylation is 2. The van der Waals surface area contributed by atoms with Gasteiger partial charge in [-0.3, -0.25) is 0 Å². The molecule has 0 saturated carbocycles. The molecular weight excluding hydrogens is 150 g/mol. The smallest absolute Gasteiger partial charge is 0.119 e. The van der Waals surface area contributed by atoms with Gasteiger partial charge in [-0.05, 0) is 36.6 Å². The highest BCUT2D eigenvalue weighted by atomic mass is 16.3. The van der Waals surface area contributed by atoms with Crippen molar-refractivity contribution in [3.63, 3.8) is 0 Å². The Kier molecular flexibility index (Phi) is 2.35. The van der Waals surface area contributed by atoms with Gasteiger partial charge in [-0.15, -0.1) is 0 Å². The molecule has 0 unspecified atom stereocenters. The van der Waals surface area contributed by atoms with E-state index < -0.39 is 0 Å². The van der Waals surface area contributed by atoms with E-state index in [0.717, 1.165) is 17.5 Å². The minimum absolute atomic E-state index is 0.286. The van der Waals surface area contributed by atoms with E-state index in [4.69, 9.17) is 5.26 Å². The fourth-order valence-electron chi connectivity index (χ4n) is 1.14. The van der Waals surface area contributed by atoms with Crippen molar-refractivity contribution >= 4 is 0 Å². The molecule has 2 heteroatoms. The van der Waals surface area contributed by atoms with E-state index in [9.17, 15) is 5.11 Å². The molecule has 62 valence electrons. The normalized spacial score (nSPS) is 9.42. The summed E-state index contributed by atoms with van der Waals surface area (Å²) in [5, 5.41) is 18.1. The summed E-state index contributed by atoms with van der Waals surface area (Å²) >= 11 is 0. The fourth-order valence-corrected chi connectivity index (χ4v) is 1.14. The zero-order valence-electron chi connectivity index (χ0n) is 7.26. The quantitative estimate of drug-likeness (QED) is 0.685. The Morgan fingerprint density at radius 2 is 2.17 bits per heavy atom. The van der Waals surface area contributed by atoms with Crippen LogP contribution in [0.15, 0.2) is 12.1 Å². The van der Waals surface area contributed by atoms with Gasteiger partial charge in [0.2, 0.25) is 0 Å². The van der Waals surface area contributed by atoms with Crippen molar-refractivity contribution in [3.05, 3.63) is 28.8 Å². The van der Waals surface area contributed by atoms with Crippen LogP contribution >= 0.6 is 0 Å². The summed E-state index contributed by atoms with van der Waals surface area (Å²) in [6, 6.07) is 5.46. The minimum atomic E-state index is 0.286. The molecule has 1 aromatic carbocycles. The van der Waals surface area contributed by atoms with Gasteiger partial charge in [0.15, 0.2) is 0 Å². The first-order chi connectivity index (χ1) is 5.69. The molecule has 1 aromatic rings. The van der Waals surface area contributed by atoms with Crippen LogP contribution in [0.2, 0.25) is 0 Å². The van der Waals surface area contributed by atoms with Crippen LogP contribution in [-0.2, 0) is 6.42 Å². The number of phenols is 1. The third-order valence-electron chi connectivity index (χ3n) is 1.93. The van der Waals surface area contributed by atoms with Gasteiger partial charge in [0.05, 0.1) is 11.6 Å². The van der Waals surface area contributed by atoms with Gasteiger partial charge in [-0.2, -0.15) is 5.26 Å². The zero-order chi connectivity index (χ0) is 9.14. The molecule has 0 atom stereocenters. The largest absolute Gasteiger partial charge is 0.508 e. The SMILES string of the molecule is CCc1cc(C#N)c(C)cc1O. The Bertz CT molecular complexity index is 336. The standard InChI is InChI=1S/C10H11NO/c1-3-8-5-9(6-11)7(2)4-10(8)12/h4-5,12H,3H2,1-2H3. The van der Waals surface area contributed by atoms with E-state index in [-0.39, 0.29) is 5.75 Å². The van der Waals surface area contributed by atoms with Crippen LogP contribution in [-0.4, -0.2) is 5.11 Å². The van der Waals surface area contributed by atoms with Gasteiger partial charge in [0, 0.05) is 0 Å². The first-order valence-corrected chi connectivity index (χ1v) is 3.91. The Morgan fingerprint density at radius 1 is 1.50 bits per heavy atom. The Balaban J connectivity index is 3.30. The van der Waals surface area contributed by atoms with Crippen molar-refractivity contribution in [2.45, 2.75) is 20.3 Å². The van der Waals surface area contributed by atoms with E-state index in [1.165, 1.54) is 0 Å². The summed E-state index contributed by atoms with van der Waals surface area (Å²) < 4.78 is 0. The molecule has 0 radical (unpaired) electrons. The number of aromatic hydroxyl groups is 1. The Hall–Kier alpha value is -1.49. The lowest BCUT2D eigenvalue weighted by Gasteiger charge is -2.03. The number of hydrogen-bond acceptors (Lipinski definition) is 2. The summed E-state index contributed by atoms with van der Waals surface area (Å²) in [4.78, 5) is 0. The molecule has 0 amide bonds. The average molecular weight is 161 g/mol. The molecule has 0 aliphatic carbocycles. The predicted octanol–water partition coefficient (Wildman–Crippen LogP) is 2.13. The molecule has 1 N–H and O–H groups in total. The van der Waals surface area contributed by atoms with Crippen molar-refractivity contribution in [3.8, 4) is 11.8 Å². The van der Waals surface area contributed by atoms with Gasteiger partial charge < -0.3 is 5.11 Å². The topological polar surface area (TPSA) is 44.0 Å². The number of nitriles is 1. The van der Waals surface area contributed by atoms with Crippen LogP contribution < -0.4 is 0 Å². The molecule has 0 spiro atoms. The zero-order valence-corrected chi connectivity index (χ0v) is 7.26. The number of rotatable bonds is 1. The van der Waals surface area contributed by atoms with Crippen LogP contribution in [0.3, 0.4) is 0 Å². The lowest BCUT2D eigenvalue weighted by atomic mass is 10.0. The van der Waals surface area contributed by atoms with Crippen molar-refractivity contribution in [2.24, 2.45) is 0 Å². The molecule has 0 bridgehead atoms. The first kappa shape index (κ1) is 8.61. The van der Waals surface area contributed by atoms with Crippen molar-refractivity contribution in [1.82, 2.24) is 0 Å². The van der Waals surface area contributed by atoms with Crippen LogP contribution in [0.4, 0.5) is 0 Å². The van der Waals surface area contributed by atoms with Crippen molar-refractivity contribution in [2.75, 3.05) is 0 Å². The molecule has 0 saturated heterocycles. The van der Waals surface area contributed by atoms with E-state index in [0.29, 0.717) is 5.56 Å². The maximum atomic E-state index is 9.40. The van der Waals surface area contributed by atoms with Gasteiger partial charge in [-0.1, -0.05) is 6.92 Å². The predicted molar refractivity (Wildman–Crippen MR) is 46.9 cm³/mol. The van der Waals surface area contributed by atoms with Gasteiger partial charge >= 0.3 is 0 Å². The number of nitrogens with zero attached hydrogens (tertiary/aromatic N) is 1. The second-order valence-corrected chi connectivity index (χ2v) is 2.76. The molecule has 12 heavy (non-hydrogen) atoms. The maximum absolute atomic E-state index is 9.40. The van der Waals surface area contributed by atoms with Gasteiger partial charge in [-0.25, -0.2) is 0 Å². The lowest BCUT2D eigenvalue weighted by molar-refractivity contribution is 0.468. The summed E-state index contributed by atoms with van der Waals surface area (Å²) in [7, 11) is 0. The van der Waals surface area contributed by atoms with Crippen molar-refractivity contribution in [1.29, 1.82) is 5.26 Å². The van der Waals surface area contributed by atoms with E-state index in [2.05, 4.69) is 6.07 Å². The minimum Gasteiger partial charge on any atom is -0.508 e. The second kappa shape index (κ2) is 3.27. The summed E-state index contributed by atoms with van der Waals surface area (Å²) in [5.74, 6) is 0.286. The highest BCUT2D eigenvalue weighted by Gasteiger charge is 2.03. The monoisotopic (exact) mass is 161 g/mol. The molecule has 0 aliphatic heterocycles. The summed E-state index contributed by atoms with van der Waals surface area (Å²) in [6.07, 6.45) is 0.751. The highest BCUT2D eigenvalue weighted by Crippen LogP contribution is 2.21. The highest BCUT2D eigenvalue weighted by molar-refractivity contribution is 5.46. The first-order valence-electron chi connectivity index (χ1n) is 3.91. The maximum Gasteiger partial charge on any atom is 0.119 e. The van der Waals surface area contributed by atoms with E-state index in [1.807, 2.05) is 13.8 Å². The molecule has 2 nitrogen and oxygen atoms in total. The molecule has 0 aliphatic rings. The van der Waals surface area contributed by atoms with Gasteiger partial charge in [0.25, 0.3) is 0 Å². The van der Waals surface area contributed by atoms with E-state index >= 15 is 0 Å². The van der Waals surface area contributed by atoms with Crippen LogP contribution in [0.1, 0.15) is 23.6 Å². The Labute approximate surface area is 72.1 Å². The molecule has 1 rings (SSSR count). The lowest BCUT2D eigenvalue weighted by Crippen LogP contribution is -1.87. The molecule has 0 aromatic heterocycles. The Morgan fingerprint density at radius 3 is 2.67 bits per heavy atom. The molecular formula is C10H11NO. The average Bonchev–Trinajstić information content (AvgIpc) is 2.05. The number of hydrogen-bond donors (Lipinski definition) is 1. The molecule has 0 heterocycles. The van der Waals surface area contributed by atoms with Gasteiger partial charge in [0.1, 0.15) is 5.75 Å². The fraction of sp³-hybridized carbons (Fsp3) is 0.300. The third kappa shape index (κ3) is 1.40. The summed E-state index contributed by atoms with van der Waals surface area (Å²) in [5.41, 5.74) is 2.30. The van der Waals surface area contributed by atoms with Crippen LogP contribution in [0.25, 0.3) is 0 Å². The number of phenolic OH excluding ortho intramolecular Hbond substituents is 1. The summed E-state index contributed by atoms with van der Waals surface area (Å²) in [6.45, 7) is 3.77. The van der Waals surface area contributed by atoms with Crippen molar-refractivity contribution < 1.29 is 5.11 Å². The second-order valence-electron chi connectivity index (χ2n) is 2.76. The van der Waals surface area contributed by atoms with Crippen LogP contribution in [0, 0.1) is 18.3 Å². The number of benzene rings is 1. The van der Waals surface area contributed by atoms with Crippen LogP contribution in [0.5, 0.6) is 5.75 Å². The molecule has 0 fully saturated rings. The van der Waals surface area contributed by atoms with E-state index in [1.54, 1.807) is 12.1 Å².